The summed E-state index contributed by atoms with van der Waals surface area (Å²) < 4.78 is 1.67. The molecule has 94 valence electrons. The minimum absolute atomic E-state index is 0.000673. The number of pyridine rings is 1. The van der Waals surface area contributed by atoms with Gasteiger partial charge in [0.25, 0.3) is 5.56 Å². The zero-order chi connectivity index (χ0) is 12.4. The van der Waals surface area contributed by atoms with Gasteiger partial charge in [0.05, 0.1) is 11.6 Å². The highest BCUT2D eigenvalue weighted by molar-refractivity contribution is 5.78. The van der Waals surface area contributed by atoms with E-state index >= 15 is 0 Å². The molecule has 1 atom stereocenters. The van der Waals surface area contributed by atoms with Crippen LogP contribution in [0.1, 0.15) is 12.8 Å². The van der Waals surface area contributed by atoms with Gasteiger partial charge in [-0.15, -0.1) is 0 Å². The topological polar surface area (TPSA) is 46.1 Å². The molecule has 0 bridgehead atoms. The van der Waals surface area contributed by atoms with Gasteiger partial charge in [0.15, 0.2) is 0 Å². The number of benzene rings is 1. The minimum Gasteiger partial charge on any atom is -0.318 e. The Morgan fingerprint density at radius 1 is 1.22 bits per heavy atom. The van der Waals surface area contributed by atoms with Crippen molar-refractivity contribution < 1.29 is 0 Å². The van der Waals surface area contributed by atoms with Crippen molar-refractivity contribution in [3.8, 4) is 0 Å². The molecule has 1 fully saturated rings. The van der Waals surface area contributed by atoms with Crippen molar-refractivity contribution in [1.82, 2.24) is 9.99 Å². The first-order valence-electron chi connectivity index (χ1n) is 6.43. The zero-order valence-corrected chi connectivity index (χ0v) is 10.2. The van der Waals surface area contributed by atoms with Gasteiger partial charge in [-0.3, -0.25) is 4.79 Å². The van der Waals surface area contributed by atoms with Crippen LogP contribution in [0.15, 0.2) is 41.2 Å². The number of aromatic nitrogens is 1. The quantitative estimate of drug-likeness (QED) is 0.835. The average molecular weight is 243 g/mol. The van der Waals surface area contributed by atoms with Crippen molar-refractivity contribution in [2.75, 3.05) is 18.5 Å². The summed E-state index contributed by atoms with van der Waals surface area (Å²) in [5.41, 5.74) is 4.27. The molecular formula is C14H17N3O. The van der Waals surface area contributed by atoms with Crippen LogP contribution >= 0.6 is 0 Å². The first-order chi connectivity index (χ1) is 8.84. The fraction of sp³-hybridized carbons (Fsp3) is 0.357. The molecule has 4 heteroatoms. The Bertz CT molecular complexity index is 599. The van der Waals surface area contributed by atoms with Crippen molar-refractivity contribution in [2.24, 2.45) is 0 Å². The Labute approximate surface area is 106 Å². The van der Waals surface area contributed by atoms with E-state index in [0.717, 1.165) is 36.8 Å². The Morgan fingerprint density at radius 2 is 2.11 bits per heavy atom. The molecule has 4 nitrogen and oxygen atoms in total. The number of piperidine rings is 1. The van der Waals surface area contributed by atoms with Crippen LogP contribution in [0.4, 0.5) is 0 Å². The zero-order valence-electron chi connectivity index (χ0n) is 10.2. The van der Waals surface area contributed by atoms with Crippen molar-refractivity contribution in [3.63, 3.8) is 0 Å². The van der Waals surface area contributed by atoms with E-state index in [1.165, 1.54) is 0 Å². The van der Waals surface area contributed by atoms with Crippen LogP contribution in [0.3, 0.4) is 0 Å². The number of fused-ring (bicyclic) bond motifs is 1. The molecule has 1 aromatic heterocycles. The van der Waals surface area contributed by atoms with Gasteiger partial charge in [-0.05, 0) is 31.5 Å². The molecule has 0 spiro atoms. The molecule has 1 aliphatic rings. The Kier molecular flexibility index (Phi) is 3.02. The van der Waals surface area contributed by atoms with E-state index < -0.39 is 0 Å². The molecule has 3 rings (SSSR count). The summed E-state index contributed by atoms with van der Waals surface area (Å²) in [7, 11) is 0. The van der Waals surface area contributed by atoms with Gasteiger partial charge < -0.3 is 10.7 Å². The van der Waals surface area contributed by atoms with Crippen molar-refractivity contribution in [3.05, 3.63) is 46.8 Å². The molecule has 2 N–H and O–H groups in total. The predicted octanol–water partition coefficient (Wildman–Crippen LogP) is 1.30. The van der Waals surface area contributed by atoms with Gasteiger partial charge in [0.2, 0.25) is 0 Å². The van der Waals surface area contributed by atoms with E-state index in [-0.39, 0.29) is 5.56 Å². The molecular weight excluding hydrogens is 226 g/mol. The van der Waals surface area contributed by atoms with E-state index in [1.807, 2.05) is 30.3 Å². The molecule has 2 aromatic rings. The lowest BCUT2D eigenvalue weighted by molar-refractivity contribution is 0.455. The lowest BCUT2D eigenvalue weighted by Gasteiger charge is -2.26. The van der Waals surface area contributed by atoms with E-state index in [1.54, 1.807) is 10.7 Å². The second-order valence-corrected chi connectivity index (χ2v) is 4.74. The monoisotopic (exact) mass is 243 g/mol. The predicted molar refractivity (Wildman–Crippen MR) is 73.5 cm³/mol. The fourth-order valence-corrected chi connectivity index (χ4v) is 2.46. The van der Waals surface area contributed by atoms with Crippen LogP contribution in [0.25, 0.3) is 10.9 Å². The first-order valence-corrected chi connectivity index (χ1v) is 6.43. The van der Waals surface area contributed by atoms with Crippen molar-refractivity contribution >= 4 is 10.9 Å². The normalized spacial score (nSPS) is 19.9. The summed E-state index contributed by atoms with van der Waals surface area (Å²) in [6.45, 7) is 1.98. The SMILES string of the molecule is O=c1ccc2ccccc2n1NC1CCCNC1. The maximum absolute atomic E-state index is 12.0. The third-order valence-corrected chi connectivity index (χ3v) is 3.41. The minimum atomic E-state index is -0.000673. The van der Waals surface area contributed by atoms with Crippen LogP contribution in [0, 0.1) is 0 Å². The van der Waals surface area contributed by atoms with E-state index in [4.69, 9.17) is 0 Å². The number of nitrogens with zero attached hydrogens (tertiary/aromatic N) is 1. The Balaban J connectivity index is 1.99. The third kappa shape index (κ3) is 2.11. The van der Waals surface area contributed by atoms with E-state index in [0.29, 0.717) is 6.04 Å². The average Bonchev–Trinajstić information content (AvgIpc) is 2.43. The standard InChI is InChI=1S/C14H17N3O/c18-14-8-7-11-4-1-2-6-13(11)17(14)16-12-5-3-9-15-10-12/h1-2,4,6-8,12,15-16H,3,5,9-10H2. The van der Waals surface area contributed by atoms with Crippen molar-refractivity contribution in [2.45, 2.75) is 18.9 Å². The summed E-state index contributed by atoms with van der Waals surface area (Å²) in [5.74, 6) is 0. The molecule has 0 aliphatic carbocycles. The fourth-order valence-electron chi connectivity index (χ4n) is 2.46. The molecule has 1 saturated heterocycles. The largest absolute Gasteiger partial charge is 0.318 e. The summed E-state index contributed by atoms with van der Waals surface area (Å²) >= 11 is 0. The van der Waals surface area contributed by atoms with Crippen LogP contribution < -0.4 is 16.3 Å². The summed E-state index contributed by atoms with van der Waals surface area (Å²) in [6, 6.07) is 11.7. The number of para-hydroxylation sites is 1. The third-order valence-electron chi connectivity index (χ3n) is 3.41. The molecule has 1 aromatic carbocycles. The van der Waals surface area contributed by atoms with Crippen LogP contribution in [-0.2, 0) is 0 Å². The molecule has 0 saturated carbocycles. The number of hydrogen-bond donors (Lipinski definition) is 2. The van der Waals surface area contributed by atoms with Crippen LogP contribution in [0.5, 0.6) is 0 Å². The van der Waals surface area contributed by atoms with Gasteiger partial charge in [-0.2, -0.15) is 0 Å². The molecule has 18 heavy (non-hydrogen) atoms. The maximum atomic E-state index is 12.0. The van der Waals surface area contributed by atoms with Gasteiger partial charge >= 0.3 is 0 Å². The Hall–Kier alpha value is -1.81. The van der Waals surface area contributed by atoms with Gasteiger partial charge in [0, 0.05) is 18.0 Å². The van der Waals surface area contributed by atoms with E-state index in [2.05, 4.69) is 10.7 Å². The van der Waals surface area contributed by atoms with Gasteiger partial charge in [-0.1, -0.05) is 18.2 Å². The molecule has 0 radical (unpaired) electrons. The van der Waals surface area contributed by atoms with Crippen LogP contribution in [-0.4, -0.2) is 23.8 Å². The van der Waals surface area contributed by atoms with E-state index in [9.17, 15) is 4.79 Å². The molecule has 2 heterocycles. The lowest BCUT2D eigenvalue weighted by atomic mass is 10.1. The second-order valence-electron chi connectivity index (χ2n) is 4.74. The Morgan fingerprint density at radius 3 is 2.94 bits per heavy atom. The number of hydrogen-bond acceptors (Lipinski definition) is 3. The lowest BCUT2D eigenvalue weighted by Crippen LogP contribution is -2.44. The second kappa shape index (κ2) is 4.82. The summed E-state index contributed by atoms with van der Waals surface area (Å²) in [6.07, 6.45) is 2.25. The molecule has 0 amide bonds. The van der Waals surface area contributed by atoms with Gasteiger partial charge in [-0.25, -0.2) is 4.68 Å². The van der Waals surface area contributed by atoms with Crippen molar-refractivity contribution in [1.29, 1.82) is 0 Å². The first kappa shape index (κ1) is 11.3. The highest BCUT2D eigenvalue weighted by Crippen LogP contribution is 2.11. The number of nitrogens with one attached hydrogen (secondary N) is 2. The smallest absolute Gasteiger partial charge is 0.269 e. The van der Waals surface area contributed by atoms with Gasteiger partial charge in [0.1, 0.15) is 0 Å². The maximum Gasteiger partial charge on any atom is 0.269 e. The highest BCUT2D eigenvalue weighted by Gasteiger charge is 2.13. The summed E-state index contributed by atoms with van der Waals surface area (Å²) in [5, 5.41) is 4.42. The highest BCUT2D eigenvalue weighted by atomic mass is 16.1. The summed E-state index contributed by atoms with van der Waals surface area (Å²) in [4.78, 5) is 12.0. The van der Waals surface area contributed by atoms with Crippen LogP contribution in [0.2, 0.25) is 0 Å². The molecule has 1 unspecified atom stereocenters. The number of rotatable bonds is 2. The molecule has 1 aliphatic heterocycles.